The molecule has 0 saturated carbocycles. The molecule has 0 aromatic rings. The van der Waals surface area contributed by atoms with E-state index in [4.69, 9.17) is 10.5 Å². The van der Waals surface area contributed by atoms with E-state index in [1.165, 1.54) is 51.4 Å². The lowest BCUT2D eigenvalue weighted by Crippen LogP contribution is -2.38. The minimum atomic E-state index is 0.444. The fourth-order valence-corrected chi connectivity index (χ4v) is 2.23. The molecule has 20 heavy (non-hydrogen) atoms. The lowest BCUT2D eigenvalue weighted by atomic mass is 10.1. The Labute approximate surface area is 126 Å². The van der Waals surface area contributed by atoms with E-state index in [1.807, 2.05) is 6.92 Å². The maximum absolute atomic E-state index is 5.80. The van der Waals surface area contributed by atoms with Crippen LogP contribution >= 0.6 is 0 Å². The van der Waals surface area contributed by atoms with Crippen molar-refractivity contribution in [3.63, 3.8) is 0 Å². The number of nitrogens with two attached hydrogens (primary N) is 1. The van der Waals surface area contributed by atoms with Gasteiger partial charge >= 0.3 is 0 Å². The molecule has 0 aliphatic heterocycles. The number of unbranched alkanes of at least 4 members (excludes halogenated alkanes) is 6. The summed E-state index contributed by atoms with van der Waals surface area (Å²) in [6.45, 7) is 11.1. The molecule has 3 N–H and O–H groups in total. The number of hydrogen-bond acceptors (Lipinski definition) is 3. The fourth-order valence-electron chi connectivity index (χ4n) is 2.23. The lowest BCUT2D eigenvalue weighted by Gasteiger charge is -2.16. The average molecular weight is 284 g/mol. The van der Waals surface area contributed by atoms with Crippen LogP contribution in [0.5, 0.6) is 0 Å². The van der Waals surface area contributed by atoms with E-state index < -0.39 is 0 Å². The molecule has 3 heteroatoms. The molecule has 0 fully saturated rings. The summed E-state index contributed by atoms with van der Waals surface area (Å²) < 4.78 is 5.47. The largest absolute Gasteiger partial charge is 0.376 e. The van der Waals surface area contributed by atoms with E-state index in [2.05, 4.69) is 18.8 Å². The monoisotopic (exact) mass is 284 g/mol. The van der Waals surface area contributed by atoms with Gasteiger partial charge < -0.3 is 15.8 Å². The molecule has 0 rings (SSSR count). The van der Waals surface area contributed by atoms with Crippen molar-refractivity contribution in [1.82, 2.24) is 5.32 Å². The van der Waals surface area contributed by atoms with E-state index in [0.717, 1.165) is 25.3 Å². The topological polar surface area (TPSA) is 47.3 Å². The summed E-state index contributed by atoms with van der Waals surface area (Å²) in [6, 6.07) is 0.444. The van der Waals surface area contributed by atoms with Crippen LogP contribution in [0.1, 0.15) is 65.2 Å². The Morgan fingerprint density at radius 1 is 1.15 bits per heavy atom. The highest BCUT2D eigenvalue weighted by molar-refractivity contribution is 4.87. The second-order valence-electron chi connectivity index (χ2n) is 5.81. The molecular formula is C17H36N2O. The minimum Gasteiger partial charge on any atom is -0.376 e. The van der Waals surface area contributed by atoms with Crippen molar-refractivity contribution in [2.45, 2.75) is 71.3 Å². The second kappa shape index (κ2) is 15.0. The van der Waals surface area contributed by atoms with Gasteiger partial charge in [-0.15, -0.1) is 0 Å². The molecule has 0 heterocycles. The van der Waals surface area contributed by atoms with Crippen LogP contribution in [-0.2, 0) is 4.74 Å². The quantitative estimate of drug-likeness (QED) is 0.356. The number of ether oxygens (including phenoxy) is 1. The lowest BCUT2D eigenvalue weighted by molar-refractivity contribution is 0.155. The summed E-state index contributed by atoms with van der Waals surface area (Å²) in [5, 5.41) is 3.47. The third-order valence-electron chi connectivity index (χ3n) is 3.47. The van der Waals surface area contributed by atoms with E-state index in [1.54, 1.807) is 0 Å². The third kappa shape index (κ3) is 14.0. The predicted octanol–water partition coefficient (Wildman–Crippen LogP) is 3.64. The maximum Gasteiger partial charge on any atom is 0.0672 e. The van der Waals surface area contributed by atoms with Crippen LogP contribution in [0.2, 0.25) is 0 Å². The maximum atomic E-state index is 5.80. The van der Waals surface area contributed by atoms with E-state index >= 15 is 0 Å². The first-order valence-electron chi connectivity index (χ1n) is 8.36. The Hall–Kier alpha value is -0.380. The Morgan fingerprint density at radius 3 is 2.40 bits per heavy atom. The van der Waals surface area contributed by atoms with Crippen molar-refractivity contribution in [3.8, 4) is 0 Å². The normalized spacial score (nSPS) is 12.6. The van der Waals surface area contributed by atoms with E-state index in [0.29, 0.717) is 12.6 Å². The summed E-state index contributed by atoms with van der Waals surface area (Å²) in [5.41, 5.74) is 6.87. The molecule has 120 valence electrons. The molecule has 0 aromatic heterocycles. The summed E-state index contributed by atoms with van der Waals surface area (Å²) in [5.74, 6) is 0. The van der Waals surface area contributed by atoms with Gasteiger partial charge in [-0.2, -0.15) is 0 Å². The van der Waals surface area contributed by atoms with Crippen LogP contribution < -0.4 is 11.1 Å². The van der Waals surface area contributed by atoms with Gasteiger partial charge in [-0.1, -0.05) is 64.0 Å². The Kier molecular flexibility index (Phi) is 14.7. The minimum absolute atomic E-state index is 0.444. The van der Waals surface area contributed by atoms with E-state index in [9.17, 15) is 0 Å². The molecule has 0 radical (unpaired) electrons. The molecule has 0 amide bonds. The van der Waals surface area contributed by atoms with Crippen molar-refractivity contribution in [2.75, 3.05) is 26.3 Å². The van der Waals surface area contributed by atoms with Gasteiger partial charge in [0.1, 0.15) is 0 Å². The van der Waals surface area contributed by atoms with Crippen LogP contribution in [0, 0.1) is 0 Å². The average Bonchev–Trinajstić information content (AvgIpc) is 2.43. The van der Waals surface area contributed by atoms with Crippen molar-refractivity contribution in [1.29, 1.82) is 0 Å². The van der Waals surface area contributed by atoms with Gasteiger partial charge in [0.05, 0.1) is 13.2 Å². The Balaban J connectivity index is 3.36. The fraction of sp³-hybridized carbons (Fsp3) is 0.882. The molecule has 0 bridgehead atoms. The van der Waals surface area contributed by atoms with Crippen LogP contribution in [0.25, 0.3) is 0 Å². The first kappa shape index (κ1) is 19.6. The SMILES string of the molecule is C=C(C)COCCNC(CN)CCCCCCCCC. The van der Waals surface area contributed by atoms with Crippen LogP contribution in [0.3, 0.4) is 0 Å². The van der Waals surface area contributed by atoms with Gasteiger partial charge in [-0.05, 0) is 13.3 Å². The smallest absolute Gasteiger partial charge is 0.0672 e. The number of nitrogens with one attached hydrogen (secondary N) is 1. The van der Waals surface area contributed by atoms with Gasteiger partial charge in [0, 0.05) is 19.1 Å². The highest BCUT2D eigenvalue weighted by Crippen LogP contribution is 2.09. The van der Waals surface area contributed by atoms with Crippen molar-refractivity contribution in [2.24, 2.45) is 5.73 Å². The molecule has 3 nitrogen and oxygen atoms in total. The molecule has 0 saturated heterocycles. The number of rotatable bonds is 15. The van der Waals surface area contributed by atoms with Crippen molar-refractivity contribution >= 4 is 0 Å². The first-order valence-corrected chi connectivity index (χ1v) is 8.36. The Morgan fingerprint density at radius 2 is 1.80 bits per heavy atom. The standard InChI is InChI=1S/C17H36N2O/c1-4-5-6-7-8-9-10-11-17(14-18)19-12-13-20-15-16(2)3/h17,19H,2,4-15,18H2,1,3H3. The van der Waals surface area contributed by atoms with Crippen LogP contribution in [0.15, 0.2) is 12.2 Å². The summed E-state index contributed by atoms with van der Waals surface area (Å²) in [7, 11) is 0. The Bertz CT molecular complexity index is 219. The van der Waals surface area contributed by atoms with Crippen molar-refractivity contribution in [3.05, 3.63) is 12.2 Å². The van der Waals surface area contributed by atoms with Crippen LogP contribution in [0.4, 0.5) is 0 Å². The molecule has 0 aromatic carbocycles. The predicted molar refractivity (Wildman–Crippen MR) is 89.1 cm³/mol. The molecule has 0 aliphatic carbocycles. The molecular weight excluding hydrogens is 248 g/mol. The van der Waals surface area contributed by atoms with Gasteiger partial charge in [0.15, 0.2) is 0 Å². The summed E-state index contributed by atoms with van der Waals surface area (Å²) >= 11 is 0. The zero-order valence-electron chi connectivity index (χ0n) is 13.8. The summed E-state index contributed by atoms with van der Waals surface area (Å²) in [4.78, 5) is 0. The molecule has 1 atom stereocenters. The highest BCUT2D eigenvalue weighted by atomic mass is 16.5. The van der Waals surface area contributed by atoms with Gasteiger partial charge in [0.2, 0.25) is 0 Å². The molecule has 0 aliphatic rings. The highest BCUT2D eigenvalue weighted by Gasteiger charge is 2.04. The molecule has 1 unspecified atom stereocenters. The third-order valence-corrected chi connectivity index (χ3v) is 3.47. The van der Waals surface area contributed by atoms with Gasteiger partial charge in [-0.3, -0.25) is 0 Å². The van der Waals surface area contributed by atoms with Crippen LogP contribution in [-0.4, -0.2) is 32.3 Å². The molecule has 0 spiro atoms. The zero-order valence-corrected chi connectivity index (χ0v) is 13.8. The number of hydrogen-bond donors (Lipinski definition) is 2. The van der Waals surface area contributed by atoms with E-state index in [-0.39, 0.29) is 0 Å². The van der Waals surface area contributed by atoms with Crippen molar-refractivity contribution < 1.29 is 4.74 Å². The van der Waals surface area contributed by atoms with Gasteiger partial charge in [-0.25, -0.2) is 0 Å². The summed E-state index contributed by atoms with van der Waals surface area (Å²) in [6.07, 6.45) is 10.7. The first-order chi connectivity index (χ1) is 9.70. The second-order valence-corrected chi connectivity index (χ2v) is 5.81. The zero-order chi connectivity index (χ0) is 15.1. The van der Waals surface area contributed by atoms with Gasteiger partial charge in [0.25, 0.3) is 0 Å².